The molecule has 30 heavy (non-hydrogen) atoms. The maximum atomic E-state index is 11.2. The van der Waals surface area contributed by atoms with E-state index in [1.807, 2.05) is 18.2 Å². The van der Waals surface area contributed by atoms with Crippen LogP contribution in [0.1, 0.15) is 23.9 Å². The molecular weight excluding hydrogens is 460 g/mol. The van der Waals surface area contributed by atoms with E-state index >= 15 is 0 Å². The highest BCUT2D eigenvalue weighted by atomic mass is 35.5. The Kier molecular flexibility index (Phi) is 6.14. The third kappa shape index (κ3) is 4.53. The minimum Gasteiger partial charge on any atom is -0.335 e. The minimum atomic E-state index is -3.99. The van der Waals surface area contributed by atoms with Crippen LogP contribution in [0.5, 0.6) is 0 Å². The highest BCUT2D eigenvalue weighted by Crippen LogP contribution is 2.47. The van der Waals surface area contributed by atoms with Gasteiger partial charge in [0.15, 0.2) is 0 Å². The minimum absolute atomic E-state index is 0.269. The van der Waals surface area contributed by atoms with Gasteiger partial charge in [-0.05, 0) is 50.1 Å². The smallest absolute Gasteiger partial charge is 0.265 e. The Morgan fingerprint density at radius 3 is 2.77 bits per heavy atom. The van der Waals surface area contributed by atoms with Gasteiger partial charge in [0.25, 0.3) is 15.1 Å². The Morgan fingerprint density at radius 2 is 2.03 bits per heavy atom. The van der Waals surface area contributed by atoms with E-state index in [2.05, 4.69) is 47.6 Å². The number of thiazole rings is 1. The number of anilines is 1. The lowest BCUT2D eigenvalue weighted by molar-refractivity contribution is -0.665. The molecule has 0 spiro atoms. The van der Waals surface area contributed by atoms with Crippen molar-refractivity contribution in [2.45, 2.75) is 31.7 Å². The second-order valence-corrected chi connectivity index (χ2v) is 11.3. The van der Waals surface area contributed by atoms with Crippen LogP contribution in [0.15, 0.2) is 46.3 Å². The number of benzene rings is 2. The largest absolute Gasteiger partial charge is 0.335 e. The van der Waals surface area contributed by atoms with Gasteiger partial charge in [0, 0.05) is 22.5 Å². The quantitative estimate of drug-likeness (QED) is 0.379. The third-order valence-electron chi connectivity index (χ3n) is 4.93. The zero-order chi connectivity index (χ0) is 21.5. The summed E-state index contributed by atoms with van der Waals surface area (Å²) < 4.78 is 35.0. The molecule has 0 bridgehead atoms. The lowest BCUT2D eigenvalue weighted by Gasteiger charge is -2.20. The van der Waals surface area contributed by atoms with Crippen molar-refractivity contribution in [2.75, 3.05) is 17.2 Å². The molecule has 3 aromatic rings. The molecular formula is C21H22ClN2O3S3+. The number of aryl methyl sites for hydroxylation is 2. The van der Waals surface area contributed by atoms with Gasteiger partial charge >= 0.3 is 0 Å². The summed E-state index contributed by atoms with van der Waals surface area (Å²) in [4.78, 5) is 3.17. The molecule has 0 unspecified atom stereocenters. The van der Waals surface area contributed by atoms with Crippen LogP contribution in [0.25, 0.3) is 16.3 Å². The maximum Gasteiger partial charge on any atom is 0.265 e. The summed E-state index contributed by atoms with van der Waals surface area (Å²) in [7, 11) is -3.99. The Bertz CT molecular complexity index is 1250. The Labute approximate surface area is 189 Å². The van der Waals surface area contributed by atoms with Crippen LogP contribution in [-0.2, 0) is 16.7 Å². The first-order chi connectivity index (χ1) is 14.2. The van der Waals surface area contributed by atoms with E-state index in [1.54, 1.807) is 23.1 Å². The summed E-state index contributed by atoms with van der Waals surface area (Å²) in [5.41, 5.74) is 3.41. The van der Waals surface area contributed by atoms with Crippen molar-refractivity contribution < 1.29 is 17.5 Å². The molecule has 2 heterocycles. The molecule has 1 aromatic heterocycles. The third-order valence-corrected chi connectivity index (χ3v) is 8.17. The van der Waals surface area contributed by atoms with Crippen molar-refractivity contribution in [3.05, 3.63) is 57.0 Å². The van der Waals surface area contributed by atoms with Crippen molar-refractivity contribution in [1.82, 2.24) is 0 Å². The van der Waals surface area contributed by atoms with Gasteiger partial charge in [-0.1, -0.05) is 40.8 Å². The summed E-state index contributed by atoms with van der Waals surface area (Å²) in [5, 5.41) is 2.80. The molecule has 0 radical (unpaired) electrons. The zero-order valence-electron chi connectivity index (χ0n) is 16.6. The summed E-state index contributed by atoms with van der Waals surface area (Å²) in [5.74, 6) is -0.269. The number of rotatable bonds is 6. The standard InChI is InChI=1S/C21H21ClN2O3S3/c1-3-23-16-7-5-14(2)11-19(16)29-20(23)13-21-24(9-4-10-30(25,26)27)17-12-15(22)6-8-18(17)28-21/h5-8,11-13H,3-4,9-10H2,1-2H3/p+1. The van der Waals surface area contributed by atoms with Crippen LogP contribution < -0.4 is 9.47 Å². The molecule has 0 saturated heterocycles. The van der Waals surface area contributed by atoms with Gasteiger partial charge in [0.05, 0.1) is 22.5 Å². The molecule has 5 nitrogen and oxygen atoms in total. The topological polar surface area (TPSA) is 61.5 Å². The average Bonchev–Trinajstić information content (AvgIpc) is 3.17. The number of thioether (sulfide) groups is 1. The number of halogens is 1. The number of fused-ring (bicyclic) bond motifs is 2. The predicted molar refractivity (Wildman–Crippen MR) is 126 cm³/mol. The Morgan fingerprint density at radius 1 is 1.23 bits per heavy atom. The molecule has 0 aliphatic carbocycles. The van der Waals surface area contributed by atoms with E-state index in [4.69, 9.17) is 16.2 Å². The van der Waals surface area contributed by atoms with Crippen LogP contribution in [0.3, 0.4) is 0 Å². The van der Waals surface area contributed by atoms with Gasteiger partial charge < -0.3 is 4.90 Å². The van der Waals surface area contributed by atoms with E-state index in [9.17, 15) is 8.42 Å². The normalized spacial score (nSPS) is 15.3. The van der Waals surface area contributed by atoms with Crippen LogP contribution in [0.4, 0.5) is 5.69 Å². The molecule has 158 valence electrons. The highest BCUT2D eigenvalue weighted by Gasteiger charge is 2.28. The fraction of sp³-hybridized carbons (Fsp3) is 0.286. The Balaban J connectivity index is 1.74. The summed E-state index contributed by atoms with van der Waals surface area (Å²) in [6.45, 7) is 5.56. The molecule has 1 aliphatic rings. The monoisotopic (exact) mass is 481 g/mol. The van der Waals surface area contributed by atoms with Crippen molar-refractivity contribution in [2.24, 2.45) is 0 Å². The first-order valence-corrected chi connectivity index (χ1v) is 13.2. The predicted octanol–water partition coefficient (Wildman–Crippen LogP) is 5.36. The van der Waals surface area contributed by atoms with Gasteiger partial charge in [0.2, 0.25) is 5.52 Å². The van der Waals surface area contributed by atoms with E-state index in [1.165, 1.54) is 15.8 Å². The van der Waals surface area contributed by atoms with Crippen LogP contribution in [0, 0.1) is 6.92 Å². The first kappa shape index (κ1) is 21.6. The van der Waals surface area contributed by atoms with Gasteiger partial charge in [-0.2, -0.15) is 13.0 Å². The SMILES string of the molecule is CC[n+]1c(/C=C2\Sc3ccc(Cl)cc3N2CCCS(=O)(=O)O)sc2cc(C)ccc21. The highest BCUT2D eigenvalue weighted by molar-refractivity contribution is 8.03. The average molecular weight is 482 g/mol. The molecule has 2 aromatic carbocycles. The second kappa shape index (κ2) is 8.51. The van der Waals surface area contributed by atoms with Gasteiger partial charge in [-0.3, -0.25) is 4.55 Å². The second-order valence-electron chi connectivity index (χ2n) is 7.14. The van der Waals surface area contributed by atoms with E-state index in [0.29, 0.717) is 18.0 Å². The summed E-state index contributed by atoms with van der Waals surface area (Å²) >= 11 is 9.62. The number of hydrogen-bond donors (Lipinski definition) is 1. The lowest BCUT2D eigenvalue weighted by atomic mass is 10.2. The van der Waals surface area contributed by atoms with Crippen LogP contribution in [-0.4, -0.2) is 25.3 Å². The van der Waals surface area contributed by atoms with Crippen LogP contribution >= 0.6 is 34.7 Å². The van der Waals surface area contributed by atoms with Gasteiger partial charge in [-0.25, -0.2) is 0 Å². The fourth-order valence-electron chi connectivity index (χ4n) is 3.57. The number of aromatic nitrogens is 1. The molecule has 0 saturated carbocycles. The van der Waals surface area contributed by atoms with Crippen molar-refractivity contribution in [3.8, 4) is 0 Å². The van der Waals surface area contributed by atoms with E-state index in [0.717, 1.165) is 27.2 Å². The Hall–Kier alpha value is -1.58. The summed E-state index contributed by atoms with van der Waals surface area (Å²) in [6.07, 6.45) is 2.48. The molecule has 1 N–H and O–H groups in total. The van der Waals surface area contributed by atoms with E-state index in [-0.39, 0.29) is 5.75 Å². The van der Waals surface area contributed by atoms with Crippen molar-refractivity contribution >= 4 is 66.8 Å². The fourth-order valence-corrected chi connectivity index (χ4v) is 6.67. The van der Waals surface area contributed by atoms with Gasteiger partial charge in [-0.15, -0.1) is 0 Å². The first-order valence-electron chi connectivity index (χ1n) is 9.60. The summed E-state index contributed by atoms with van der Waals surface area (Å²) in [6, 6.07) is 12.2. The molecule has 0 fully saturated rings. The lowest BCUT2D eigenvalue weighted by Crippen LogP contribution is -2.33. The van der Waals surface area contributed by atoms with Gasteiger partial charge in [0.1, 0.15) is 11.2 Å². The molecule has 0 amide bonds. The molecule has 4 rings (SSSR count). The van der Waals surface area contributed by atoms with Crippen molar-refractivity contribution in [1.29, 1.82) is 0 Å². The van der Waals surface area contributed by atoms with Crippen molar-refractivity contribution in [3.63, 3.8) is 0 Å². The molecule has 0 atom stereocenters. The van der Waals surface area contributed by atoms with E-state index < -0.39 is 10.1 Å². The molecule has 9 heteroatoms. The number of nitrogens with zero attached hydrogens (tertiary/aromatic N) is 2. The zero-order valence-corrected chi connectivity index (χ0v) is 19.8. The molecule has 1 aliphatic heterocycles. The van der Waals surface area contributed by atoms with Crippen LogP contribution in [0.2, 0.25) is 5.02 Å². The maximum absolute atomic E-state index is 11.2. The number of hydrogen-bond acceptors (Lipinski definition) is 5.